The van der Waals surface area contributed by atoms with Gasteiger partial charge in [-0.1, -0.05) is 6.07 Å². The molecule has 32 heavy (non-hydrogen) atoms. The number of ether oxygens (including phenoxy) is 2. The molecule has 1 N–H and O–H groups in total. The van der Waals surface area contributed by atoms with Gasteiger partial charge in [0.2, 0.25) is 0 Å². The molecule has 6 heteroatoms. The number of methoxy groups -OCH3 is 1. The monoisotopic (exact) mass is 444 g/mol. The van der Waals surface area contributed by atoms with Crippen molar-refractivity contribution < 1.29 is 28.4 Å². The van der Waals surface area contributed by atoms with Crippen LogP contribution in [0.2, 0.25) is 0 Å². The fraction of sp³-hybridized carbons (Fsp3) is 0.538. The number of benzene rings is 1. The predicted molar refractivity (Wildman–Crippen MR) is 125 cm³/mol. The van der Waals surface area contributed by atoms with Gasteiger partial charge in [0.25, 0.3) is 0 Å². The largest absolute Gasteiger partial charge is 0.493 e. The smallest absolute Gasteiger partial charge is 0.303 e. The van der Waals surface area contributed by atoms with E-state index in [-0.39, 0.29) is 6.42 Å². The molecule has 1 aromatic carbocycles. The van der Waals surface area contributed by atoms with Crippen molar-refractivity contribution in [2.45, 2.75) is 59.7 Å². The molecule has 0 bridgehead atoms. The van der Waals surface area contributed by atoms with E-state index in [1.165, 1.54) is 5.56 Å². The Morgan fingerprint density at radius 1 is 1.03 bits per heavy atom. The summed E-state index contributed by atoms with van der Waals surface area (Å²) in [6, 6.07) is 10.5. The molecular formula is C26H40N2O4+2. The normalized spacial score (nSPS) is 11.5. The van der Waals surface area contributed by atoms with Crippen LogP contribution in [0.15, 0.2) is 42.7 Å². The number of aliphatic carboxylic acids is 1. The topological polar surface area (TPSA) is 59.6 Å². The highest BCUT2D eigenvalue weighted by Gasteiger charge is 2.23. The second-order valence-electron chi connectivity index (χ2n) is 8.36. The van der Waals surface area contributed by atoms with E-state index >= 15 is 0 Å². The molecule has 176 valence electrons. The van der Waals surface area contributed by atoms with E-state index in [4.69, 9.17) is 14.6 Å². The lowest BCUT2D eigenvalue weighted by atomic mass is 10.1. The van der Waals surface area contributed by atoms with Gasteiger partial charge < -0.3 is 19.1 Å². The van der Waals surface area contributed by atoms with Crippen LogP contribution in [0.1, 0.15) is 50.3 Å². The quantitative estimate of drug-likeness (QED) is 0.256. The van der Waals surface area contributed by atoms with Crippen LogP contribution in [0.4, 0.5) is 0 Å². The van der Waals surface area contributed by atoms with E-state index in [1.807, 2.05) is 24.5 Å². The van der Waals surface area contributed by atoms with Gasteiger partial charge in [-0.25, -0.2) is 4.57 Å². The minimum atomic E-state index is -0.763. The highest BCUT2D eigenvalue weighted by Crippen LogP contribution is 2.26. The van der Waals surface area contributed by atoms with Crippen LogP contribution in [0.25, 0.3) is 0 Å². The third kappa shape index (κ3) is 7.92. The molecule has 0 unspecified atom stereocenters. The number of hydrogen-bond acceptors (Lipinski definition) is 3. The molecule has 0 atom stereocenters. The van der Waals surface area contributed by atoms with E-state index in [0.29, 0.717) is 19.6 Å². The summed E-state index contributed by atoms with van der Waals surface area (Å²) in [5, 5.41) is 8.81. The number of carbonyl (C=O) groups is 1. The van der Waals surface area contributed by atoms with Gasteiger partial charge in [-0.3, -0.25) is 4.79 Å². The van der Waals surface area contributed by atoms with Crippen LogP contribution in [0.3, 0.4) is 0 Å². The fourth-order valence-electron chi connectivity index (χ4n) is 3.97. The van der Waals surface area contributed by atoms with E-state index in [0.717, 1.165) is 60.5 Å². The Balaban J connectivity index is 1.98. The molecule has 1 aromatic heterocycles. The lowest BCUT2D eigenvalue weighted by molar-refractivity contribution is -0.936. The maximum absolute atomic E-state index is 10.7. The molecule has 0 amide bonds. The van der Waals surface area contributed by atoms with Crippen molar-refractivity contribution in [3.8, 4) is 5.75 Å². The van der Waals surface area contributed by atoms with Gasteiger partial charge in [-0.05, 0) is 50.5 Å². The number of aromatic nitrogens is 1. The summed E-state index contributed by atoms with van der Waals surface area (Å²) in [6.45, 7) is 13.1. The minimum absolute atomic E-state index is 0.163. The molecule has 0 aliphatic carbocycles. The second-order valence-corrected chi connectivity index (χ2v) is 8.36. The number of carboxylic acid groups (broad SMARTS) is 1. The third-order valence-electron chi connectivity index (χ3n) is 6.37. The lowest BCUT2D eigenvalue weighted by Crippen LogP contribution is -2.46. The lowest BCUT2D eigenvalue weighted by Gasteiger charge is -2.36. The Morgan fingerprint density at radius 2 is 1.72 bits per heavy atom. The van der Waals surface area contributed by atoms with Crippen molar-refractivity contribution in [2.75, 3.05) is 33.4 Å². The zero-order valence-electron chi connectivity index (χ0n) is 20.2. The number of aryl methyl sites for hydroxylation is 2. The standard InChI is InChI=1S/C26H39N2O4/c1-5-28(6-2,7-3)20-24-11-9-23(21-31-4)19-25(24)32-18-8-15-27-16-13-22(14-17-27)10-12-26(29)30/h9,11,13-14,16-17,19H,5-8,10,12,15,18,20-21H2,1-4H3/q+1/p+1. The number of nitrogens with zero attached hydrogens (tertiary/aromatic N) is 2. The van der Waals surface area contributed by atoms with Crippen molar-refractivity contribution >= 4 is 5.97 Å². The molecule has 0 aliphatic rings. The van der Waals surface area contributed by atoms with Gasteiger partial charge in [0.1, 0.15) is 12.3 Å². The van der Waals surface area contributed by atoms with Gasteiger partial charge >= 0.3 is 5.97 Å². The molecule has 1 heterocycles. The molecule has 0 saturated heterocycles. The summed E-state index contributed by atoms with van der Waals surface area (Å²) < 4.78 is 14.7. The minimum Gasteiger partial charge on any atom is -0.493 e. The van der Waals surface area contributed by atoms with Crippen LogP contribution >= 0.6 is 0 Å². The Labute approximate surface area is 193 Å². The number of carboxylic acids is 1. The molecule has 2 aromatic rings. The Morgan fingerprint density at radius 3 is 2.31 bits per heavy atom. The summed E-state index contributed by atoms with van der Waals surface area (Å²) in [5.74, 6) is 0.201. The summed E-state index contributed by atoms with van der Waals surface area (Å²) in [7, 11) is 1.71. The molecule has 2 rings (SSSR count). The van der Waals surface area contributed by atoms with Crippen LogP contribution in [-0.2, 0) is 35.6 Å². The van der Waals surface area contributed by atoms with Crippen LogP contribution in [-0.4, -0.2) is 48.9 Å². The number of hydrogen-bond donors (Lipinski definition) is 1. The van der Waals surface area contributed by atoms with Gasteiger partial charge in [-0.15, -0.1) is 0 Å². The Hall–Kier alpha value is -2.44. The van der Waals surface area contributed by atoms with Crippen molar-refractivity contribution in [3.05, 3.63) is 59.4 Å². The summed E-state index contributed by atoms with van der Waals surface area (Å²) in [6.07, 6.45) is 5.64. The zero-order valence-corrected chi connectivity index (χ0v) is 20.2. The van der Waals surface area contributed by atoms with Crippen molar-refractivity contribution in [1.29, 1.82) is 0 Å². The maximum atomic E-state index is 10.7. The van der Waals surface area contributed by atoms with Crippen LogP contribution in [0, 0.1) is 0 Å². The van der Waals surface area contributed by atoms with Gasteiger partial charge in [0.15, 0.2) is 18.9 Å². The summed E-state index contributed by atoms with van der Waals surface area (Å²) in [4.78, 5) is 10.7. The molecule has 0 radical (unpaired) electrons. The highest BCUT2D eigenvalue weighted by atomic mass is 16.5. The first-order chi connectivity index (χ1) is 15.4. The number of pyridine rings is 1. The first kappa shape index (κ1) is 25.8. The third-order valence-corrected chi connectivity index (χ3v) is 6.37. The van der Waals surface area contributed by atoms with E-state index in [9.17, 15) is 4.79 Å². The average molecular weight is 445 g/mol. The van der Waals surface area contributed by atoms with E-state index in [2.05, 4.69) is 43.5 Å². The first-order valence-electron chi connectivity index (χ1n) is 11.7. The van der Waals surface area contributed by atoms with Crippen molar-refractivity contribution in [3.63, 3.8) is 0 Å². The molecule has 0 spiro atoms. The average Bonchev–Trinajstić information content (AvgIpc) is 2.81. The SMILES string of the molecule is CC[N+](CC)(CC)Cc1ccc(COC)cc1OCCC[n+]1ccc(CCC(=O)O)cc1. The molecule has 6 nitrogen and oxygen atoms in total. The van der Waals surface area contributed by atoms with Gasteiger partial charge in [0.05, 0.1) is 32.8 Å². The second kappa shape index (κ2) is 13.2. The van der Waals surface area contributed by atoms with Gasteiger partial charge in [0, 0.05) is 37.6 Å². The Bertz CT molecular complexity index is 824. The van der Waals surface area contributed by atoms with Gasteiger partial charge in [-0.2, -0.15) is 0 Å². The molecule has 0 aliphatic heterocycles. The molecular weight excluding hydrogens is 404 g/mol. The molecule has 0 saturated carbocycles. The summed E-state index contributed by atoms with van der Waals surface area (Å²) >= 11 is 0. The first-order valence-corrected chi connectivity index (χ1v) is 11.7. The van der Waals surface area contributed by atoms with E-state index < -0.39 is 5.97 Å². The van der Waals surface area contributed by atoms with E-state index in [1.54, 1.807) is 7.11 Å². The van der Waals surface area contributed by atoms with Crippen LogP contribution < -0.4 is 9.30 Å². The van der Waals surface area contributed by atoms with Crippen LogP contribution in [0.5, 0.6) is 5.75 Å². The Kier molecular flexibility index (Phi) is 10.6. The molecule has 0 fully saturated rings. The highest BCUT2D eigenvalue weighted by molar-refractivity contribution is 5.67. The predicted octanol–water partition coefficient (Wildman–Crippen LogP) is 3.98. The number of quaternary nitrogens is 1. The summed E-state index contributed by atoms with van der Waals surface area (Å²) in [5.41, 5.74) is 3.43. The zero-order chi connectivity index (χ0) is 23.4. The van der Waals surface area contributed by atoms with Crippen molar-refractivity contribution in [2.24, 2.45) is 0 Å². The fourth-order valence-corrected chi connectivity index (χ4v) is 3.97. The maximum Gasteiger partial charge on any atom is 0.303 e. The number of rotatable bonds is 15. The van der Waals surface area contributed by atoms with Crippen molar-refractivity contribution in [1.82, 2.24) is 0 Å².